The minimum atomic E-state index is 0. The average molecular weight is 355 g/mol. The van der Waals surface area contributed by atoms with Crippen LogP contribution in [0.3, 0.4) is 0 Å². The van der Waals surface area contributed by atoms with Crippen LogP contribution in [-0.4, -0.2) is 60.5 Å². The molecule has 0 saturated carbocycles. The molecular formula is C13H24Cl2N4OS. The Morgan fingerprint density at radius 3 is 2.67 bits per heavy atom. The van der Waals surface area contributed by atoms with E-state index >= 15 is 0 Å². The van der Waals surface area contributed by atoms with Crippen molar-refractivity contribution in [1.82, 2.24) is 20.1 Å². The molecule has 122 valence electrons. The molecule has 1 aromatic heterocycles. The van der Waals surface area contributed by atoms with E-state index in [2.05, 4.69) is 20.6 Å². The number of aryl methyl sites for hydroxylation is 1. The van der Waals surface area contributed by atoms with Crippen LogP contribution in [0.5, 0.6) is 0 Å². The standard InChI is InChI=1S/C13H22N4OS.2ClH/c1-11-15-12(10-19-11)9-16(2)6-3-13(18)17-7-4-14-5-8-17;;/h10,14H,3-9H2,1-2H3;2*1H. The highest BCUT2D eigenvalue weighted by atomic mass is 35.5. The smallest absolute Gasteiger partial charge is 0.223 e. The normalized spacial score (nSPS) is 14.5. The van der Waals surface area contributed by atoms with Crippen LogP contribution in [0.25, 0.3) is 0 Å². The molecule has 1 aliphatic heterocycles. The molecule has 0 unspecified atom stereocenters. The lowest BCUT2D eigenvalue weighted by Crippen LogP contribution is -2.47. The second kappa shape index (κ2) is 10.3. The number of aromatic nitrogens is 1. The number of nitrogens with one attached hydrogen (secondary N) is 1. The Balaban J connectivity index is 0.00000200. The van der Waals surface area contributed by atoms with Crippen molar-refractivity contribution in [3.63, 3.8) is 0 Å². The molecule has 0 radical (unpaired) electrons. The van der Waals surface area contributed by atoms with E-state index in [0.29, 0.717) is 6.42 Å². The van der Waals surface area contributed by atoms with E-state index in [1.54, 1.807) is 11.3 Å². The number of carbonyl (C=O) groups excluding carboxylic acids is 1. The first-order chi connectivity index (χ1) is 9.15. The van der Waals surface area contributed by atoms with Crippen LogP contribution >= 0.6 is 36.2 Å². The molecular weight excluding hydrogens is 331 g/mol. The van der Waals surface area contributed by atoms with Crippen LogP contribution in [0.1, 0.15) is 17.1 Å². The molecule has 2 heterocycles. The number of nitrogens with zero attached hydrogens (tertiary/aromatic N) is 3. The van der Waals surface area contributed by atoms with Crippen molar-refractivity contribution in [2.75, 3.05) is 39.8 Å². The lowest BCUT2D eigenvalue weighted by Gasteiger charge is -2.28. The molecule has 1 N–H and O–H groups in total. The third kappa shape index (κ3) is 6.93. The third-order valence-corrected chi connectivity index (χ3v) is 4.10. The van der Waals surface area contributed by atoms with Gasteiger partial charge in [-0.15, -0.1) is 36.2 Å². The SMILES string of the molecule is Cc1nc(CN(C)CCC(=O)N2CCNCC2)cs1.Cl.Cl. The highest BCUT2D eigenvalue weighted by Gasteiger charge is 2.16. The summed E-state index contributed by atoms with van der Waals surface area (Å²) in [6.45, 7) is 7.14. The molecule has 1 fully saturated rings. The number of rotatable bonds is 5. The number of halogens is 2. The second-order valence-corrected chi connectivity index (χ2v) is 6.04. The number of piperazine rings is 1. The zero-order valence-electron chi connectivity index (χ0n) is 12.5. The fraction of sp³-hybridized carbons (Fsp3) is 0.692. The summed E-state index contributed by atoms with van der Waals surface area (Å²) in [6, 6.07) is 0. The summed E-state index contributed by atoms with van der Waals surface area (Å²) in [5.74, 6) is 0.266. The lowest BCUT2D eigenvalue weighted by molar-refractivity contribution is -0.132. The molecule has 1 aliphatic rings. The van der Waals surface area contributed by atoms with E-state index in [1.165, 1.54) is 0 Å². The maximum Gasteiger partial charge on any atom is 0.223 e. The fourth-order valence-corrected chi connectivity index (χ4v) is 2.80. The van der Waals surface area contributed by atoms with Gasteiger partial charge in [0, 0.05) is 51.1 Å². The van der Waals surface area contributed by atoms with Crippen molar-refractivity contribution < 1.29 is 4.79 Å². The van der Waals surface area contributed by atoms with Gasteiger partial charge in [0.15, 0.2) is 0 Å². The Morgan fingerprint density at radius 2 is 2.10 bits per heavy atom. The van der Waals surface area contributed by atoms with Crippen molar-refractivity contribution in [3.8, 4) is 0 Å². The Hall–Kier alpha value is -0.400. The molecule has 2 rings (SSSR count). The third-order valence-electron chi connectivity index (χ3n) is 3.28. The minimum absolute atomic E-state index is 0. The molecule has 1 aromatic rings. The van der Waals surface area contributed by atoms with Crippen LogP contribution in [0, 0.1) is 6.92 Å². The first-order valence-corrected chi connectivity index (χ1v) is 7.61. The number of hydrogen-bond acceptors (Lipinski definition) is 5. The van der Waals surface area contributed by atoms with Gasteiger partial charge >= 0.3 is 0 Å². The van der Waals surface area contributed by atoms with Gasteiger partial charge in [-0.05, 0) is 14.0 Å². The fourth-order valence-electron chi connectivity index (χ4n) is 2.20. The summed E-state index contributed by atoms with van der Waals surface area (Å²) in [5.41, 5.74) is 1.10. The van der Waals surface area contributed by atoms with E-state index in [1.807, 2.05) is 18.9 Å². The molecule has 0 atom stereocenters. The van der Waals surface area contributed by atoms with Gasteiger partial charge in [-0.3, -0.25) is 4.79 Å². The van der Waals surface area contributed by atoms with Gasteiger partial charge in [0.05, 0.1) is 10.7 Å². The van der Waals surface area contributed by atoms with Gasteiger partial charge in [-0.2, -0.15) is 0 Å². The van der Waals surface area contributed by atoms with Gasteiger partial charge < -0.3 is 15.1 Å². The van der Waals surface area contributed by atoms with Crippen LogP contribution in [-0.2, 0) is 11.3 Å². The Kier molecular flexibility index (Phi) is 10.1. The number of hydrogen-bond donors (Lipinski definition) is 1. The summed E-state index contributed by atoms with van der Waals surface area (Å²) in [7, 11) is 2.04. The van der Waals surface area contributed by atoms with E-state index in [9.17, 15) is 4.79 Å². The number of amides is 1. The summed E-state index contributed by atoms with van der Waals surface area (Å²) in [6.07, 6.45) is 0.597. The maximum absolute atomic E-state index is 12.0. The van der Waals surface area contributed by atoms with Gasteiger partial charge in [0.1, 0.15) is 0 Å². The van der Waals surface area contributed by atoms with Gasteiger partial charge in [-0.25, -0.2) is 4.98 Å². The first kappa shape index (κ1) is 20.6. The quantitative estimate of drug-likeness (QED) is 0.871. The van der Waals surface area contributed by atoms with Gasteiger partial charge in [0.2, 0.25) is 5.91 Å². The van der Waals surface area contributed by atoms with Crippen molar-refractivity contribution in [2.45, 2.75) is 19.9 Å². The molecule has 0 aliphatic carbocycles. The lowest BCUT2D eigenvalue weighted by atomic mass is 10.3. The highest BCUT2D eigenvalue weighted by Crippen LogP contribution is 2.10. The molecule has 1 amide bonds. The predicted octanol–water partition coefficient (Wildman–Crippen LogP) is 1.55. The molecule has 0 aromatic carbocycles. The van der Waals surface area contributed by atoms with Crippen molar-refractivity contribution in [2.24, 2.45) is 0 Å². The van der Waals surface area contributed by atoms with Crippen LogP contribution < -0.4 is 5.32 Å². The van der Waals surface area contributed by atoms with Crippen molar-refractivity contribution in [3.05, 3.63) is 16.1 Å². The molecule has 5 nitrogen and oxygen atoms in total. The van der Waals surface area contributed by atoms with E-state index in [0.717, 1.165) is 50.0 Å². The number of thiazole rings is 1. The zero-order chi connectivity index (χ0) is 13.7. The zero-order valence-corrected chi connectivity index (χ0v) is 15.0. The van der Waals surface area contributed by atoms with E-state index in [-0.39, 0.29) is 30.7 Å². The van der Waals surface area contributed by atoms with Gasteiger partial charge in [-0.1, -0.05) is 0 Å². The largest absolute Gasteiger partial charge is 0.340 e. The summed E-state index contributed by atoms with van der Waals surface area (Å²) in [5, 5.41) is 6.44. The Morgan fingerprint density at radius 1 is 1.43 bits per heavy atom. The molecule has 8 heteroatoms. The Labute approximate surface area is 142 Å². The second-order valence-electron chi connectivity index (χ2n) is 4.98. The monoisotopic (exact) mass is 354 g/mol. The summed E-state index contributed by atoms with van der Waals surface area (Å²) in [4.78, 5) is 20.6. The highest BCUT2D eigenvalue weighted by molar-refractivity contribution is 7.09. The molecule has 1 saturated heterocycles. The minimum Gasteiger partial charge on any atom is -0.340 e. The predicted molar refractivity (Wildman–Crippen MR) is 91.7 cm³/mol. The summed E-state index contributed by atoms with van der Waals surface area (Å²) < 4.78 is 0. The first-order valence-electron chi connectivity index (χ1n) is 6.73. The van der Waals surface area contributed by atoms with Crippen molar-refractivity contribution >= 4 is 42.1 Å². The van der Waals surface area contributed by atoms with Crippen LogP contribution in [0.2, 0.25) is 0 Å². The maximum atomic E-state index is 12.0. The molecule has 0 bridgehead atoms. The van der Waals surface area contributed by atoms with E-state index < -0.39 is 0 Å². The Bertz CT molecular complexity index is 424. The van der Waals surface area contributed by atoms with Gasteiger partial charge in [0.25, 0.3) is 0 Å². The average Bonchev–Trinajstić information content (AvgIpc) is 2.82. The topological polar surface area (TPSA) is 48.5 Å². The van der Waals surface area contributed by atoms with E-state index in [4.69, 9.17) is 0 Å². The number of carbonyl (C=O) groups is 1. The van der Waals surface area contributed by atoms with Crippen LogP contribution in [0.15, 0.2) is 5.38 Å². The van der Waals surface area contributed by atoms with Crippen molar-refractivity contribution in [1.29, 1.82) is 0 Å². The van der Waals surface area contributed by atoms with Crippen LogP contribution in [0.4, 0.5) is 0 Å². The molecule has 21 heavy (non-hydrogen) atoms. The summed E-state index contributed by atoms with van der Waals surface area (Å²) >= 11 is 1.67. The molecule has 0 spiro atoms.